The van der Waals surface area contributed by atoms with Gasteiger partial charge in [0.25, 0.3) is 0 Å². The first-order valence-electron chi connectivity index (χ1n) is 14.7. The van der Waals surface area contributed by atoms with Crippen molar-refractivity contribution in [3.05, 3.63) is 107 Å². The van der Waals surface area contributed by atoms with Crippen molar-refractivity contribution in [2.24, 2.45) is 0 Å². The topological polar surface area (TPSA) is 93.8 Å². The van der Waals surface area contributed by atoms with E-state index in [4.69, 9.17) is 4.74 Å². The van der Waals surface area contributed by atoms with Crippen molar-refractivity contribution in [3.8, 4) is 17.7 Å². The van der Waals surface area contributed by atoms with E-state index in [9.17, 15) is 28.3 Å². The summed E-state index contributed by atoms with van der Waals surface area (Å²) in [6.07, 6.45) is -0.540. The molecule has 4 aromatic rings. The van der Waals surface area contributed by atoms with Crippen LogP contribution in [0.4, 0.5) is 29.3 Å². The maximum atomic E-state index is 13.5. The van der Waals surface area contributed by atoms with E-state index in [1.807, 2.05) is 37.4 Å². The fraction of sp³-hybridized carbons (Fsp3) is 0.294. The highest BCUT2D eigenvalue weighted by Crippen LogP contribution is 2.45. The van der Waals surface area contributed by atoms with E-state index in [2.05, 4.69) is 16.3 Å². The Morgan fingerprint density at radius 1 is 1.00 bits per heavy atom. The summed E-state index contributed by atoms with van der Waals surface area (Å²) in [7, 11) is 2.04. The minimum absolute atomic E-state index is 0.0249. The van der Waals surface area contributed by atoms with Gasteiger partial charge < -0.3 is 24.6 Å². The molecular formula is C34H34F3N5O3. The number of urea groups is 1. The second-order valence-electron chi connectivity index (χ2n) is 11.0. The summed E-state index contributed by atoms with van der Waals surface area (Å²) < 4.78 is 48.0. The monoisotopic (exact) mass is 617 g/mol. The van der Waals surface area contributed by atoms with Crippen LogP contribution in [-0.4, -0.2) is 47.3 Å². The molecule has 8 nitrogen and oxygen atoms in total. The Hall–Kier alpha value is -4.95. The Balaban J connectivity index is 1.31. The molecule has 1 aliphatic heterocycles. The van der Waals surface area contributed by atoms with Gasteiger partial charge in [0.1, 0.15) is 5.75 Å². The lowest BCUT2D eigenvalue weighted by Gasteiger charge is -2.33. The molecule has 11 heteroatoms. The van der Waals surface area contributed by atoms with Gasteiger partial charge in [0.2, 0.25) is 0 Å². The number of unbranched alkanes of at least 4 members (excludes halogenated alkanes) is 1. The van der Waals surface area contributed by atoms with E-state index >= 15 is 0 Å². The summed E-state index contributed by atoms with van der Waals surface area (Å²) in [5.41, 5.74) is 0.855. The van der Waals surface area contributed by atoms with Gasteiger partial charge in [0.15, 0.2) is 5.88 Å². The zero-order chi connectivity index (χ0) is 32.0. The third-order valence-electron chi connectivity index (χ3n) is 7.76. The van der Waals surface area contributed by atoms with E-state index < -0.39 is 23.8 Å². The Bertz CT molecular complexity index is 1650. The predicted molar refractivity (Wildman–Crippen MR) is 164 cm³/mol. The van der Waals surface area contributed by atoms with Gasteiger partial charge in [-0.3, -0.25) is 4.90 Å². The molecular weight excluding hydrogens is 583 g/mol. The number of ether oxygens (including phenoxy) is 1. The number of nitrogens with zero attached hydrogens (tertiary/aromatic N) is 4. The number of carbonyl (C=O) groups is 1. The van der Waals surface area contributed by atoms with Crippen LogP contribution >= 0.6 is 0 Å². The molecule has 2 amide bonds. The highest BCUT2D eigenvalue weighted by atomic mass is 19.4. The van der Waals surface area contributed by atoms with Crippen LogP contribution in [0.2, 0.25) is 0 Å². The first kappa shape index (κ1) is 31.5. The number of carbonyl (C=O) groups excluding carboxylic acids is 1. The van der Waals surface area contributed by atoms with Crippen molar-refractivity contribution in [2.45, 2.75) is 38.0 Å². The summed E-state index contributed by atoms with van der Waals surface area (Å²) in [6.45, 7) is 2.75. The van der Waals surface area contributed by atoms with Crippen LogP contribution in [0.15, 0.2) is 85.1 Å². The second-order valence-corrected chi connectivity index (χ2v) is 11.0. The van der Waals surface area contributed by atoms with Gasteiger partial charge in [0.05, 0.1) is 46.8 Å². The highest BCUT2D eigenvalue weighted by Gasteiger charge is 2.38. The van der Waals surface area contributed by atoms with Gasteiger partial charge in [-0.1, -0.05) is 36.4 Å². The normalized spacial score (nSPS) is 14.6. The van der Waals surface area contributed by atoms with Crippen molar-refractivity contribution < 1.29 is 27.8 Å². The predicted octanol–water partition coefficient (Wildman–Crippen LogP) is 7.22. The van der Waals surface area contributed by atoms with E-state index in [1.165, 1.54) is 12.1 Å². The molecule has 0 radical (unpaired) electrons. The minimum atomic E-state index is -4.59. The van der Waals surface area contributed by atoms with E-state index in [0.717, 1.165) is 55.1 Å². The lowest BCUT2D eigenvalue weighted by molar-refractivity contribution is -0.137. The molecule has 0 saturated carbocycles. The van der Waals surface area contributed by atoms with Crippen molar-refractivity contribution in [2.75, 3.05) is 31.6 Å². The Morgan fingerprint density at radius 3 is 2.44 bits per heavy atom. The van der Waals surface area contributed by atoms with Crippen molar-refractivity contribution in [3.63, 3.8) is 0 Å². The molecule has 0 bridgehead atoms. The number of fused-ring (bicyclic) bond motifs is 1. The molecule has 1 atom stereocenters. The van der Waals surface area contributed by atoms with Gasteiger partial charge in [-0.25, -0.2) is 4.79 Å². The molecule has 0 fully saturated rings. The molecule has 234 valence electrons. The molecule has 2 N–H and O–H groups in total. The van der Waals surface area contributed by atoms with Crippen LogP contribution in [0, 0.1) is 11.3 Å². The number of hydrogen-bond donors (Lipinski definition) is 2. The summed E-state index contributed by atoms with van der Waals surface area (Å²) in [6, 6.07) is 21.4. The molecule has 5 rings (SSSR count). The Labute approximate surface area is 259 Å². The molecule has 3 aromatic carbocycles. The summed E-state index contributed by atoms with van der Waals surface area (Å²) in [4.78, 5) is 16.8. The Kier molecular flexibility index (Phi) is 9.64. The first-order chi connectivity index (χ1) is 21.7. The van der Waals surface area contributed by atoms with Crippen LogP contribution in [-0.2, 0) is 12.7 Å². The number of aryl methyl sites for hydroxylation is 1. The van der Waals surface area contributed by atoms with Crippen LogP contribution < -0.4 is 15.0 Å². The maximum absolute atomic E-state index is 13.5. The summed E-state index contributed by atoms with van der Waals surface area (Å²) in [5, 5.41) is 23.5. The SMILES string of the molecule is CN(CCCCn1cc2c(c1O)[C@@H](c1ccc(C#N)cc1)NC(=O)N2c1cccc(C(F)(F)F)c1)CCCOc1ccccc1. The van der Waals surface area contributed by atoms with E-state index in [1.54, 1.807) is 35.0 Å². The molecule has 45 heavy (non-hydrogen) atoms. The number of alkyl halides is 3. The first-order valence-corrected chi connectivity index (χ1v) is 14.7. The van der Waals surface area contributed by atoms with Crippen molar-refractivity contribution >= 4 is 17.4 Å². The quantitative estimate of drug-likeness (QED) is 0.164. The van der Waals surface area contributed by atoms with Crippen LogP contribution in [0.3, 0.4) is 0 Å². The average molecular weight is 618 g/mol. The van der Waals surface area contributed by atoms with Gasteiger partial charge >= 0.3 is 12.2 Å². The fourth-order valence-corrected chi connectivity index (χ4v) is 5.44. The largest absolute Gasteiger partial charge is 0.494 e. The number of nitriles is 1. The Morgan fingerprint density at radius 2 is 1.73 bits per heavy atom. The number of nitrogens with one attached hydrogen (secondary N) is 1. The number of para-hydroxylation sites is 1. The van der Waals surface area contributed by atoms with Crippen molar-refractivity contribution in [1.82, 2.24) is 14.8 Å². The second kappa shape index (κ2) is 13.8. The average Bonchev–Trinajstić information content (AvgIpc) is 3.36. The number of rotatable bonds is 12. The zero-order valence-electron chi connectivity index (χ0n) is 24.8. The minimum Gasteiger partial charge on any atom is -0.494 e. The third kappa shape index (κ3) is 7.41. The van der Waals surface area contributed by atoms with Gasteiger partial charge in [-0.15, -0.1) is 0 Å². The number of anilines is 2. The fourth-order valence-electron chi connectivity index (χ4n) is 5.44. The molecule has 1 aromatic heterocycles. The van der Waals surface area contributed by atoms with Crippen molar-refractivity contribution in [1.29, 1.82) is 5.26 Å². The number of hydrogen-bond acceptors (Lipinski definition) is 5. The van der Waals surface area contributed by atoms with Crippen LogP contribution in [0.25, 0.3) is 0 Å². The van der Waals surface area contributed by atoms with E-state index in [0.29, 0.717) is 35.5 Å². The van der Waals surface area contributed by atoms with Gasteiger partial charge in [0, 0.05) is 19.3 Å². The standard InChI is InChI=1S/C34H34F3N5O3/c1-40(18-8-20-45-28-11-3-2-4-12-28)17-5-6-19-41-23-29-30(32(41)43)31(25-15-13-24(22-38)14-16-25)39-33(44)42(29)27-10-7-9-26(21-27)34(35,36)37/h2-4,7,9-16,21,23,31,43H,5-6,8,17-20H2,1H3,(H,39,44)/t31-/m1/s1. The number of aromatic hydroxyl groups is 1. The molecule has 0 spiro atoms. The highest BCUT2D eigenvalue weighted by molar-refractivity contribution is 6.03. The smallest absolute Gasteiger partial charge is 0.416 e. The zero-order valence-corrected chi connectivity index (χ0v) is 24.8. The number of halogens is 3. The lowest BCUT2D eigenvalue weighted by Crippen LogP contribution is -2.44. The van der Waals surface area contributed by atoms with E-state index in [-0.39, 0.29) is 11.6 Å². The molecule has 0 aliphatic carbocycles. The number of aromatic nitrogens is 1. The molecule has 0 saturated heterocycles. The lowest BCUT2D eigenvalue weighted by atomic mass is 9.96. The molecule has 0 unspecified atom stereocenters. The number of amides is 2. The van der Waals surface area contributed by atoms with Crippen LogP contribution in [0.5, 0.6) is 11.6 Å². The number of benzene rings is 3. The third-order valence-corrected chi connectivity index (χ3v) is 7.76. The van der Waals surface area contributed by atoms with Gasteiger partial charge in [-0.05, 0) is 80.9 Å². The summed E-state index contributed by atoms with van der Waals surface area (Å²) in [5.74, 6) is 0.766. The molecule has 2 heterocycles. The van der Waals surface area contributed by atoms with Gasteiger partial charge in [-0.2, -0.15) is 18.4 Å². The molecule has 1 aliphatic rings. The maximum Gasteiger partial charge on any atom is 0.416 e. The summed E-state index contributed by atoms with van der Waals surface area (Å²) >= 11 is 0. The van der Waals surface area contributed by atoms with Crippen LogP contribution in [0.1, 0.15) is 47.6 Å².